The van der Waals surface area contributed by atoms with Crippen molar-refractivity contribution in [2.45, 2.75) is 12.8 Å². The topological polar surface area (TPSA) is 58.6 Å². The van der Waals surface area contributed by atoms with E-state index < -0.39 is 6.09 Å². The van der Waals surface area contributed by atoms with Gasteiger partial charge < -0.3 is 9.84 Å². The average Bonchev–Trinajstić information content (AvgIpc) is 3.02. The van der Waals surface area contributed by atoms with Crippen molar-refractivity contribution >= 4 is 34.4 Å². The summed E-state index contributed by atoms with van der Waals surface area (Å²) in [5.41, 5.74) is 0.590. The summed E-state index contributed by atoms with van der Waals surface area (Å²) in [6, 6.07) is 5.35. The van der Waals surface area contributed by atoms with Gasteiger partial charge in [-0.25, -0.2) is 4.79 Å². The second-order valence-electron chi connectivity index (χ2n) is 3.83. The zero-order valence-corrected chi connectivity index (χ0v) is 10.7. The van der Waals surface area contributed by atoms with Crippen molar-refractivity contribution in [1.82, 2.24) is 0 Å². The second-order valence-corrected chi connectivity index (χ2v) is 4.99. The lowest BCUT2D eigenvalue weighted by molar-refractivity contribution is 0.209. The van der Waals surface area contributed by atoms with Gasteiger partial charge in [0.25, 0.3) is 0 Å². The van der Waals surface area contributed by atoms with Crippen LogP contribution in [0, 0.1) is 9.49 Å². The van der Waals surface area contributed by atoms with Gasteiger partial charge in [0.15, 0.2) is 0 Å². The Morgan fingerprint density at radius 1 is 1.56 bits per heavy atom. The molecule has 2 N–H and O–H groups in total. The molecule has 0 aromatic heterocycles. The molecule has 1 aromatic carbocycles. The maximum Gasteiger partial charge on any atom is 0.409 e. The van der Waals surface area contributed by atoms with Crippen LogP contribution < -0.4 is 10.1 Å². The Bertz CT molecular complexity index is 404. The first-order valence-corrected chi connectivity index (χ1v) is 6.15. The van der Waals surface area contributed by atoms with Crippen molar-refractivity contribution in [2.75, 3.05) is 11.9 Å². The van der Waals surface area contributed by atoms with E-state index in [0.29, 0.717) is 5.69 Å². The molecule has 16 heavy (non-hydrogen) atoms. The highest BCUT2D eigenvalue weighted by atomic mass is 127. The Kier molecular flexibility index (Phi) is 3.52. The molecule has 4 nitrogen and oxygen atoms in total. The van der Waals surface area contributed by atoms with E-state index in [1.54, 1.807) is 12.1 Å². The van der Waals surface area contributed by atoms with Gasteiger partial charge in [-0.15, -0.1) is 0 Å². The third-order valence-electron chi connectivity index (χ3n) is 2.36. The standard InChI is InChI=1S/C11H12INO3/c12-9-5-8(16-6-7-1-2-7)3-4-10(9)13-11(14)15/h3-5,7,13H,1-2,6H2,(H,14,15). The van der Waals surface area contributed by atoms with Crippen LogP contribution in [-0.4, -0.2) is 17.8 Å². The van der Waals surface area contributed by atoms with Crippen LogP contribution in [0.5, 0.6) is 5.75 Å². The number of amides is 1. The minimum Gasteiger partial charge on any atom is -0.493 e. The predicted octanol–water partition coefficient (Wildman–Crippen LogP) is 3.17. The normalized spacial score (nSPS) is 14.6. The van der Waals surface area contributed by atoms with E-state index in [0.717, 1.165) is 21.8 Å². The number of benzene rings is 1. The van der Waals surface area contributed by atoms with Gasteiger partial charge in [-0.2, -0.15) is 0 Å². The molecule has 1 aromatic rings. The molecular weight excluding hydrogens is 321 g/mol. The summed E-state index contributed by atoms with van der Waals surface area (Å²) in [7, 11) is 0. The monoisotopic (exact) mass is 333 g/mol. The average molecular weight is 333 g/mol. The maximum atomic E-state index is 10.5. The van der Waals surface area contributed by atoms with Crippen LogP contribution in [0.3, 0.4) is 0 Å². The quantitative estimate of drug-likeness (QED) is 0.832. The van der Waals surface area contributed by atoms with Crippen LogP contribution in [0.2, 0.25) is 0 Å². The summed E-state index contributed by atoms with van der Waals surface area (Å²) in [6.45, 7) is 0.766. The van der Waals surface area contributed by atoms with Gasteiger partial charge in [0, 0.05) is 3.57 Å². The van der Waals surface area contributed by atoms with E-state index in [-0.39, 0.29) is 0 Å². The SMILES string of the molecule is O=C(O)Nc1ccc(OCC2CC2)cc1I. The van der Waals surface area contributed by atoms with Crippen LogP contribution in [0.15, 0.2) is 18.2 Å². The molecule has 2 rings (SSSR count). The molecule has 1 saturated carbocycles. The Morgan fingerprint density at radius 2 is 2.31 bits per heavy atom. The van der Waals surface area contributed by atoms with Crippen LogP contribution in [-0.2, 0) is 0 Å². The van der Waals surface area contributed by atoms with Gasteiger partial charge in [-0.05, 0) is 59.5 Å². The molecule has 1 aliphatic rings. The van der Waals surface area contributed by atoms with Crippen molar-refractivity contribution in [3.05, 3.63) is 21.8 Å². The van der Waals surface area contributed by atoms with E-state index in [4.69, 9.17) is 9.84 Å². The number of hydrogen-bond acceptors (Lipinski definition) is 2. The summed E-state index contributed by atoms with van der Waals surface area (Å²) in [6.07, 6.45) is 1.47. The number of nitrogens with one attached hydrogen (secondary N) is 1. The van der Waals surface area contributed by atoms with Gasteiger partial charge in [0.2, 0.25) is 0 Å². The molecule has 0 spiro atoms. The van der Waals surface area contributed by atoms with Gasteiger partial charge >= 0.3 is 6.09 Å². The van der Waals surface area contributed by atoms with Gasteiger partial charge in [-0.3, -0.25) is 5.32 Å². The molecule has 0 atom stereocenters. The number of halogens is 1. The van der Waals surface area contributed by atoms with Gasteiger partial charge in [0.05, 0.1) is 12.3 Å². The Balaban J connectivity index is 1.99. The fourth-order valence-corrected chi connectivity index (χ4v) is 1.92. The summed E-state index contributed by atoms with van der Waals surface area (Å²) in [5, 5.41) is 10.9. The largest absolute Gasteiger partial charge is 0.493 e. The van der Waals surface area contributed by atoms with E-state index in [1.165, 1.54) is 12.8 Å². The summed E-state index contributed by atoms with van der Waals surface area (Å²) in [5.74, 6) is 1.52. The molecule has 0 bridgehead atoms. The third kappa shape index (κ3) is 3.26. The molecule has 5 heteroatoms. The number of carbonyl (C=O) groups is 1. The number of hydrogen-bond donors (Lipinski definition) is 2. The first-order chi connectivity index (χ1) is 7.65. The fourth-order valence-electron chi connectivity index (χ4n) is 1.30. The summed E-state index contributed by atoms with van der Waals surface area (Å²) < 4.78 is 6.43. The van der Waals surface area contributed by atoms with E-state index >= 15 is 0 Å². The van der Waals surface area contributed by atoms with Crippen molar-refractivity contribution in [1.29, 1.82) is 0 Å². The highest BCUT2D eigenvalue weighted by Crippen LogP contribution is 2.30. The van der Waals surface area contributed by atoms with Gasteiger partial charge in [0.1, 0.15) is 5.75 Å². The zero-order chi connectivity index (χ0) is 11.5. The molecule has 86 valence electrons. The van der Waals surface area contributed by atoms with Crippen LogP contribution >= 0.6 is 22.6 Å². The fraction of sp³-hybridized carbons (Fsp3) is 0.364. The first-order valence-electron chi connectivity index (χ1n) is 5.07. The number of rotatable bonds is 4. The highest BCUT2D eigenvalue weighted by Gasteiger charge is 2.21. The molecule has 0 radical (unpaired) electrons. The molecule has 1 amide bonds. The van der Waals surface area contributed by atoms with Crippen LogP contribution in [0.25, 0.3) is 0 Å². The molecule has 0 saturated heterocycles. The second kappa shape index (κ2) is 4.90. The molecule has 1 aliphatic carbocycles. The Hall–Kier alpha value is -0.980. The van der Waals surface area contributed by atoms with E-state index in [9.17, 15) is 4.79 Å². The number of ether oxygens (including phenoxy) is 1. The molecule has 0 aliphatic heterocycles. The van der Waals surface area contributed by atoms with Crippen molar-refractivity contribution in [3.8, 4) is 5.75 Å². The number of anilines is 1. The molecule has 1 fully saturated rings. The lowest BCUT2D eigenvalue weighted by Crippen LogP contribution is -2.08. The number of carboxylic acid groups (broad SMARTS) is 1. The minimum atomic E-state index is -1.05. The van der Waals surface area contributed by atoms with Crippen molar-refractivity contribution in [2.24, 2.45) is 5.92 Å². The Morgan fingerprint density at radius 3 is 2.88 bits per heavy atom. The summed E-state index contributed by atoms with van der Waals surface area (Å²) in [4.78, 5) is 10.5. The molecule has 0 heterocycles. The minimum absolute atomic E-state index is 0.590. The maximum absolute atomic E-state index is 10.5. The van der Waals surface area contributed by atoms with Gasteiger partial charge in [-0.1, -0.05) is 0 Å². The molecular formula is C11H12INO3. The lowest BCUT2D eigenvalue weighted by atomic mass is 10.3. The Labute approximate surface area is 107 Å². The zero-order valence-electron chi connectivity index (χ0n) is 8.57. The first kappa shape index (κ1) is 11.5. The van der Waals surface area contributed by atoms with Crippen LogP contribution in [0.4, 0.5) is 10.5 Å². The van der Waals surface area contributed by atoms with Crippen molar-refractivity contribution in [3.63, 3.8) is 0 Å². The van der Waals surface area contributed by atoms with E-state index in [1.807, 2.05) is 6.07 Å². The molecule has 0 unspecified atom stereocenters. The lowest BCUT2D eigenvalue weighted by Gasteiger charge is -2.08. The smallest absolute Gasteiger partial charge is 0.409 e. The highest BCUT2D eigenvalue weighted by molar-refractivity contribution is 14.1. The van der Waals surface area contributed by atoms with Crippen LogP contribution in [0.1, 0.15) is 12.8 Å². The summed E-state index contributed by atoms with van der Waals surface area (Å²) >= 11 is 2.09. The third-order valence-corrected chi connectivity index (χ3v) is 3.26. The predicted molar refractivity (Wildman–Crippen MR) is 69.0 cm³/mol. The van der Waals surface area contributed by atoms with E-state index in [2.05, 4.69) is 27.9 Å². The van der Waals surface area contributed by atoms with Crippen molar-refractivity contribution < 1.29 is 14.6 Å².